The molecule has 0 heterocycles. The second kappa shape index (κ2) is 6.95. The Balaban J connectivity index is 3.82. The van der Waals surface area contributed by atoms with E-state index < -0.39 is 25.9 Å². The first-order valence-electron chi connectivity index (χ1n) is 4.72. The number of hydrogen-bond donors (Lipinski definition) is 5. The Labute approximate surface area is 93.0 Å². The van der Waals surface area contributed by atoms with E-state index in [0.717, 1.165) is 0 Å². The summed E-state index contributed by atoms with van der Waals surface area (Å²) < 4.78 is 10.5. The maximum Gasteiger partial charge on any atom is 0.355 e. The third kappa shape index (κ3) is 6.16. The van der Waals surface area contributed by atoms with Crippen LogP contribution in [0.5, 0.6) is 0 Å². The van der Waals surface area contributed by atoms with Gasteiger partial charge in [-0.2, -0.15) is 0 Å². The van der Waals surface area contributed by atoms with Crippen LogP contribution < -0.4 is 5.32 Å². The van der Waals surface area contributed by atoms with Crippen molar-refractivity contribution in [3.63, 3.8) is 0 Å². The Bertz CT molecular complexity index is 268. The number of aliphatic hydroxyl groups is 1. The van der Waals surface area contributed by atoms with Gasteiger partial charge in [-0.3, -0.25) is 14.6 Å². The standard InChI is InChI=1S/C7H17N2O6P/c1-2-3-9(12)6(10)4-8-5-7(11)16(13,14)15/h7-8,11-12H,2-5H2,1H3,(H2,13,14,15). The fraction of sp³-hybridized carbons (Fsp3) is 0.857. The lowest BCUT2D eigenvalue weighted by Gasteiger charge is -2.16. The lowest BCUT2D eigenvalue weighted by Crippen LogP contribution is -2.38. The molecule has 0 spiro atoms. The molecule has 0 fully saturated rings. The van der Waals surface area contributed by atoms with E-state index in [2.05, 4.69) is 5.32 Å². The van der Waals surface area contributed by atoms with Crippen LogP contribution in [0, 0.1) is 0 Å². The smallest absolute Gasteiger partial charge is 0.355 e. The van der Waals surface area contributed by atoms with Crippen molar-refractivity contribution in [1.82, 2.24) is 10.4 Å². The maximum absolute atomic E-state index is 11.1. The van der Waals surface area contributed by atoms with Crippen molar-refractivity contribution >= 4 is 13.5 Å². The summed E-state index contributed by atoms with van der Waals surface area (Å²) in [5, 5.41) is 20.8. The van der Waals surface area contributed by atoms with E-state index in [0.29, 0.717) is 11.5 Å². The normalized spacial score (nSPS) is 13.6. The Kier molecular flexibility index (Phi) is 6.73. The van der Waals surface area contributed by atoms with Gasteiger partial charge < -0.3 is 20.2 Å². The average Bonchev–Trinajstić information content (AvgIpc) is 2.16. The average molecular weight is 256 g/mol. The lowest BCUT2D eigenvalue weighted by molar-refractivity contribution is -0.164. The second-order valence-corrected chi connectivity index (χ2v) is 4.99. The van der Waals surface area contributed by atoms with Gasteiger partial charge in [-0.1, -0.05) is 6.92 Å². The summed E-state index contributed by atoms with van der Waals surface area (Å²) in [6.07, 6.45) is 0.591. The summed E-state index contributed by atoms with van der Waals surface area (Å²) in [5.74, 6) is -2.47. The Morgan fingerprint density at radius 3 is 2.50 bits per heavy atom. The third-order valence-corrected chi connectivity index (χ3v) is 2.67. The van der Waals surface area contributed by atoms with Crippen molar-refractivity contribution in [2.45, 2.75) is 19.2 Å². The number of hydroxylamine groups is 2. The van der Waals surface area contributed by atoms with Crippen LogP contribution in [0.25, 0.3) is 0 Å². The zero-order valence-corrected chi connectivity index (χ0v) is 9.80. The summed E-state index contributed by atoms with van der Waals surface area (Å²) in [4.78, 5) is 28.1. The molecule has 9 heteroatoms. The molecule has 1 atom stereocenters. The summed E-state index contributed by atoms with van der Waals surface area (Å²) in [7, 11) is -4.55. The lowest BCUT2D eigenvalue weighted by atomic mass is 10.4. The topological polar surface area (TPSA) is 130 Å². The molecule has 0 aromatic carbocycles. The number of nitrogens with zero attached hydrogens (tertiary/aromatic N) is 1. The Morgan fingerprint density at radius 1 is 1.50 bits per heavy atom. The van der Waals surface area contributed by atoms with Crippen molar-refractivity contribution < 1.29 is 29.5 Å². The predicted molar refractivity (Wildman–Crippen MR) is 54.7 cm³/mol. The van der Waals surface area contributed by atoms with Crippen LogP contribution in [0.1, 0.15) is 13.3 Å². The van der Waals surface area contributed by atoms with Gasteiger partial charge in [0, 0.05) is 13.1 Å². The zero-order valence-electron chi connectivity index (χ0n) is 8.91. The Hall–Kier alpha value is -0.500. The molecule has 8 nitrogen and oxygen atoms in total. The molecular weight excluding hydrogens is 239 g/mol. The van der Waals surface area contributed by atoms with Crippen LogP contribution in [0.2, 0.25) is 0 Å². The molecule has 0 rings (SSSR count). The minimum atomic E-state index is -4.55. The number of rotatable bonds is 7. The van der Waals surface area contributed by atoms with Crippen LogP contribution in [0.4, 0.5) is 0 Å². The molecule has 1 amide bonds. The second-order valence-electron chi connectivity index (χ2n) is 3.22. The van der Waals surface area contributed by atoms with Crippen molar-refractivity contribution in [3.05, 3.63) is 0 Å². The van der Waals surface area contributed by atoms with Gasteiger partial charge in [0.1, 0.15) is 0 Å². The summed E-state index contributed by atoms with van der Waals surface area (Å²) >= 11 is 0. The molecular formula is C7H17N2O6P. The van der Waals surface area contributed by atoms with Gasteiger partial charge in [-0.25, -0.2) is 5.06 Å². The van der Waals surface area contributed by atoms with Crippen LogP contribution >= 0.6 is 7.60 Å². The van der Waals surface area contributed by atoms with E-state index in [4.69, 9.17) is 20.1 Å². The highest BCUT2D eigenvalue weighted by molar-refractivity contribution is 7.52. The van der Waals surface area contributed by atoms with Gasteiger partial charge in [0.25, 0.3) is 5.91 Å². The first-order chi connectivity index (χ1) is 7.29. The molecule has 5 N–H and O–H groups in total. The largest absolute Gasteiger partial charge is 0.379 e. The minimum Gasteiger partial charge on any atom is -0.379 e. The van der Waals surface area contributed by atoms with E-state index in [1.807, 2.05) is 0 Å². The van der Waals surface area contributed by atoms with Gasteiger partial charge in [-0.15, -0.1) is 0 Å². The Morgan fingerprint density at radius 2 is 2.06 bits per heavy atom. The van der Waals surface area contributed by atoms with Crippen molar-refractivity contribution in [2.75, 3.05) is 19.6 Å². The first-order valence-corrected chi connectivity index (χ1v) is 6.40. The fourth-order valence-corrected chi connectivity index (χ4v) is 1.22. The van der Waals surface area contributed by atoms with Crippen LogP contribution in [-0.4, -0.2) is 56.6 Å². The van der Waals surface area contributed by atoms with Gasteiger partial charge in [0.15, 0.2) is 5.85 Å². The van der Waals surface area contributed by atoms with E-state index in [1.165, 1.54) is 0 Å². The number of nitrogens with one attached hydrogen (secondary N) is 1. The van der Waals surface area contributed by atoms with Gasteiger partial charge in [0.05, 0.1) is 6.54 Å². The fourth-order valence-electron chi connectivity index (χ4n) is 0.855. The van der Waals surface area contributed by atoms with Gasteiger partial charge in [-0.05, 0) is 6.42 Å². The molecule has 0 aromatic heterocycles. The minimum absolute atomic E-state index is 0.182. The van der Waals surface area contributed by atoms with Crippen molar-refractivity contribution in [1.29, 1.82) is 0 Å². The molecule has 0 radical (unpaired) electrons. The number of amides is 1. The highest BCUT2D eigenvalue weighted by Crippen LogP contribution is 2.38. The molecule has 96 valence electrons. The monoisotopic (exact) mass is 256 g/mol. The van der Waals surface area contributed by atoms with Gasteiger partial charge in [0.2, 0.25) is 0 Å². The van der Waals surface area contributed by atoms with Crippen LogP contribution in [0.3, 0.4) is 0 Å². The third-order valence-electron chi connectivity index (χ3n) is 1.71. The van der Waals surface area contributed by atoms with Crippen LogP contribution in [-0.2, 0) is 9.36 Å². The summed E-state index contributed by atoms with van der Waals surface area (Å²) in [5.41, 5.74) is 0. The zero-order chi connectivity index (χ0) is 12.8. The van der Waals surface area contributed by atoms with E-state index in [1.54, 1.807) is 6.92 Å². The van der Waals surface area contributed by atoms with E-state index in [-0.39, 0.29) is 13.1 Å². The van der Waals surface area contributed by atoms with E-state index in [9.17, 15) is 9.36 Å². The highest BCUT2D eigenvalue weighted by atomic mass is 31.2. The highest BCUT2D eigenvalue weighted by Gasteiger charge is 2.25. The summed E-state index contributed by atoms with van der Waals surface area (Å²) in [6, 6.07) is 0. The molecule has 0 aliphatic rings. The molecule has 0 aliphatic heterocycles. The molecule has 0 bridgehead atoms. The SMILES string of the molecule is CCCN(O)C(=O)CNCC(O)P(=O)(O)O. The first kappa shape index (κ1) is 15.5. The van der Waals surface area contributed by atoms with E-state index >= 15 is 0 Å². The van der Waals surface area contributed by atoms with Gasteiger partial charge >= 0.3 is 7.60 Å². The quantitative estimate of drug-likeness (QED) is 0.217. The molecule has 0 aromatic rings. The number of carbonyl (C=O) groups is 1. The van der Waals surface area contributed by atoms with Crippen molar-refractivity contribution in [3.8, 4) is 0 Å². The molecule has 16 heavy (non-hydrogen) atoms. The number of hydrogen-bond acceptors (Lipinski definition) is 5. The number of aliphatic hydroxyl groups excluding tert-OH is 1. The van der Waals surface area contributed by atoms with Crippen molar-refractivity contribution in [2.24, 2.45) is 0 Å². The summed E-state index contributed by atoms with van der Waals surface area (Å²) in [6.45, 7) is 1.24. The predicted octanol–water partition coefficient (Wildman–Crippen LogP) is -1.30. The number of carbonyl (C=O) groups excluding carboxylic acids is 1. The molecule has 0 saturated heterocycles. The molecule has 0 aliphatic carbocycles. The maximum atomic E-state index is 11.1. The molecule has 1 unspecified atom stereocenters. The molecule has 0 saturated carbocycles. The van der Waals surface area contributed by atoms with Crippen LogP contribution in [0.15, 0.2) is 0 Å².